The van der Waals surface area contributed by atoms with Crippen molar-refractivity contribution in [3.05, 3.63) is 64.7 Å². The fourth-order valence-electron chi connectivity index (χ4n) is 4.73. The number of amides is 3. The lowest BCUT2D eigenvalue weighted by atomic mass is 9.73. The molecule has 31 heavy (non-hydrogen) atoms. The quantitative estimate of drug-likeness (QED) is 0.647. The number of fused-ring (bicyclic) bond motifs is 1. The van der Waals surface area contributed by atoms with Crippen molar-refractivity contribution in [3.8, 4) is 0 Å². The second-order valence-corrected chi connectivity index (χ2v) is 8.84. The smallest absolute Gasteiger partial charge is 0.255 e. The Morgan fingerprint density at radius 2 is 1.97 bits per heavy atom. The molecular weight excluding hydrogens is 392 g/mol. The number of piperidine rings is 1. The molecular formula is C24H26N4O3. The Labute approximate surface area is 181 Å². The minimum Gasteiger partial charge on any atom is -0.381 e. The molecule has 7 heteroatoms. The molecule has 3 amide bonds. The Morgan fingerprint density at radius 3 is 2.71 bits per heavy atom. The fraction of sp³-hybridized carbons (Fsp3) is 0.375. The van der Waals surface area contributed by atoms with E-state index in [-0.39, 0.29) is 29.7 Å². The van der Waals surface area contributed by atoms with Crippen LogP contribution in [0.1, 0.15) is 59.2 Å². The maximum absolute atomic E-state index is 12.8. The summed E-state index contributed by atoms with van der Waals surface area (Å²) in [5, 5.41) is 5.79. The van der Waals surface area contributed by atoms with Crippen LogP contribution in [0, 0.1) is 0 Å². The summed E-state index contributed by atoms with van der Waals surface area (Å²) in [6.45, 7) is 1.01. The summed E-state index contributed by atoms with van der Waals surface area (Å²) >= 11 is 0. The van der Waals surface area contributed by atoms with E-state index in [1.807, 2.05) is 30.3 Å². The van der Waals surface area contributed by atoms with Gasteiger partial charge < -0.3 is 16.0 Å². The Balaban J connectivity index is 1.27. The first-order valence-corrected chi connectivity index (χ1v) is 10.8. The van der Waals surface area contributed by atoms with Gasteiger partial charge in [-0.15, -0.1) is 0 Å². The number of nitrogens with one attached hydrogen (secondary N) is 2. The van der Waals surface area contributed by atoms with Crippen molar-refractivity contribution >= 4 is 23.4 Å². The van der Waals surface area contributed by atoms with Crippen molar-refractivity contribution in [1.29, 1.82) is 0 Å². The van der Waals surface area contributed by atoms with Gasteiger partial charge in [0.05, 0.1) is 0 Å². The number of hydrogen-bond acceptors (Lipinski definition) is 5. The SMILES string of the molecule is NC1(c2cccc(NCc3ccc4c(c3)CN(C3CCC(=O)NC3=O)C4=O)c2)CCC1. The minimum atomic E-state index is -0.586. The summed E-state index contributed by atoms with van der Waals surface area (Å²) in [5.41, 5.74) is 11.1. The van der Waals surface area contributed by atoms with Crippen molar-refractivity contribution in [2.24, 2.45) is 5.73 Å². The van der Waals surface area contributed by atoms with Crippen LogP contribution in [0.3, 0.4) is 0 Å². The van der Waals surface area contributed by atoms with Crippen LogP contribution in [0.4, 0.5) is 5.69 Å². The molecule has 5 rings (SSSR count). The molecule has 2 aromatic rings. The van der Waals surface area contributed by atoms with Crippen molar-refractivity contribution in [2.75, 3.05) is 5.32 Å². The van der Waals surface area contributed by atoms with Gasteiger partial charge in [0.25, 0.3) is 5.91 Å². The number of carbonyl (C=O) groups is 3. The van der Waals surface area contributed by atoms with E-state index in [9.17, 15) is 14.4 Å². The number of nitrogens with zero attached hydrogens (tertiary/aromatic N) is 1. The molecule has 1 atom stereocenters. The summed E-state index contributed by atoms with van der Waals surface area (Å²) in [6, 6.07) is 13.5. The van der Waals surface area contributed by atoms with Gasteiger partial charge in [-0.3, -0.25) is 19.7 Å². The van der Waals surface area contributed by atoms with Crippen LogP contribution < -0.4 is 16.4 Å². The van der Waals surface area contributed by atoms with E-state index in [1.165, 1.54) is 12.0 Å². The Bertz CT molecular complexity index is 1080. The van der Waals surface area contributed by atoms with Crippen LogP contribution in [0.2, 0.25) is 0 Å². The maximum atomic E-state index is 12.8. The van der Waals surface area contributed by atoms with E-state index < -0.39 is 6.04 Å². The fourth-order valence-corrected chi connectivity index (χ4v) is 4.73. The third kappa shape index (κ3) is 3.59. The Hall–Kier alpha value is -3.19. The molecule has 4 N–H and O–H groups in total. The van der Waals surface area contributed by atoms with E-state index in [0.29, 0.717) is 25.1 Å². The zero-order valence-corrected chi connectivity index (χ0v) is 17.3. The first-order chi connectivity index (χ1) is 14.9. The number of rotatable bonds is 5. The van der Waals surface area contributed by atoms with Crippen molar-refractivity contribution in [3.63, 3.8) is 0 Å². The summed E-state index contributed by atoms with van der Waals surface area (Å²) in [4.78, 5) is 38.0. The summed E-state index contributed by atoms with van der Waals surface area (Å²) in [7, 11) is 0. The molecule has 0 bridgehead atoms. The largest absolute Gasteiger partial charge is 0.381 e. The molecule has 160 valence electrons. The highest BCUT2D eigenvalue weighted by atomic mass is 16.2. The van der Waals surface area contributed by atoms with E-state index >= 15 is 0 Å². The van der Waals surface area contributed by atoms with E-state index in [0.717, 1.165) is 29.7 Å². The van der Waals surface area contributed by atoms with Gasteiger partial charge in [0.15, 0.2) is 0 Å². The second-order valence-electron chi connectivity index (χ2n) is 8.84. The topological polar surface area (TPSA) is 105 Å². The van der Waals surface area contributed by atoms with Gasteiger partial charge >= 0.3 is 0 Å². The predicted octanol–water partition coefficient (Wildman–Crippen LogP) is 2.40. The van der Waals surface area contributed by atoms with Gasteiger partial charge in [-0.05, 0) is 60.6 Å². The molecule has 0 aromatic heterocycles. The maximum Gasteiger partial charge on any atom is 0.255 e. The van der Waals surface area contributed by atoms with Gasteiger partial charge in [-0.25, -0.2) is 0 Å². The zero-order valence-electron chi connectivity index (χ0n) is 17.3. The molecule has 1 saturated heterocycles. The van der Waals surface area contributed by atoms with Crippen molar-refractivity contribution in [1.82, 2.24) is 10.2 Å². The van der Waals surface area contributed by atoms with Crippen LogP contribution in [0.25, 0.3) is 0 Å². The monoisotopic (exact) mass is 418 g/mol. The number of anilines is 1. The lowest BCUT2D eigenvalue weighted by molar-refractivity contribution is -0.136. The number of benzene rings is 2. The third-order valence-corrected chi connectivity index (χ3v) is 6.77. The van der Waals surface area contributed by atoms with Gasteiger partial charge in [0, 0.05) is 36.3 Å². The number of hydrogen-bond donors (Lipinski definition) is 3. The highest BCUT2D eigenvalue weighted by Crippen LogP contribution is 2.39. The van der Waals surface area contributed by atoms with Crippen LogP contribution in [0.15, 0.2) is 42.5 Å². The second kappa shape index (κ2) is 7.50. The van der Waals surface area contributed by atoms with Crippen molar-refractivity contribution < 1.29 is 14.4 Å². The summed E-state index contributed by atoms with van der Waals surface area (Å²) < 4.78 is 0. The minimum absolute atomic E-state index is 0.148. The molecule has 0 spiro atoms. The average molecular weight is 418 g/mol. The number of nitrogens with two attached hydrogens (primary N) is 1. The van der Waals surface area contributed by atoms with Gasteiger partial charge in [-0.1, -0.05) is 24.3 Å². The van der Waals surface area contributed by atoms with E-state index in [4.69, 9.17) is 5.73 Å². The molecule has 2 fully saturated rings. The summed E-state index contributed by atoms with van der Waals surface area (Å²) in [5.74, 6) is -0.811. The molecule has 1 unspecified atom stereocenters. The lowest BCUT2D eigenvalue weighted by Crippen LogP contribution is -2.52. The van der Waals surface area contributed by atoms with Gasteiger partial charge in [0.1, 0.15) is 6.04 Å². The molecule has 7 nitrogen and oxygen atoms in total. The van der Waals surface area contributed by atoms with Crippen LogP contribution in [-0.2, 0) is 28.2 Å². The van der Waals surface area contributed by atoms with Crippen LogP contribution in [0.5, 0.6) is 0 Å². The van der Waals surface area contributed by atoms with Crippen molar-refractivity contribution in [2.45, 2.75) is 56.8 Å². The lowest BCUT2D eigenvalue weighted by Gasteiger charge is -2.38. The Kier molecular flexibility index (Phi) is 4.78. The average Bonchev–Trinajstić information content (AvgIpc) is 3.06. The van der Waals surface area contributed by atoms with Gasteiger partial charge in [0.2, 0.25) is 11.8 Å². The molecule has 3 aliphatic rings. The molecule has 0 radical (unpaired) electrons. The summed E-state index contributed by atoms with van der Waals surface area (Å²) in [6.07, 6.45) is 3.86. The molecule has 2 heterocycles. The number of imide groups is 1. The first kappa shape index (κ1) is 19.8. The first-order valence-electron chi connectivity index (χ1n) is 10.8. The zero-order chi connectivity index (χ0) is 21.6. The highest BCUT2D eigenvalue weighted by Gasteiger charge is 2.39. The van der Waals surface area contributed by atoms with E-state index in [1.54, 1.807) is 4.90 Å². The third-order valence-electron chi connectivity index (χ3n) is 6.77. The predicted molar refractivity (Wildman–Crippen MR) is 116 cm³/mol. The van der Waals surface area contributed by atoms with Crippen LogP contribution >= 0.6 is 0 Å². The molecule has 2 aromatic carbocycles. The normalized spacial score (nSPS) is 22.0. The molecule has 2 aliphatic heterocycles. The molecule has 1 saturated carbocycles. The highest BCUT2D eigenvalue weighted by molar-refractivity contribution is 6.05. The molecule has 1 aliphatic carbocycles. The van der Waals surface area contributed by atoms with Gasteiger partial charge in [-0.2, -0.15) is 0 Å². The number of carbonyl (C=O) groups excluding carboxylic acids is 3. The van der Waals surface area contributed by atoms with Crippen LogP contribution in [-0.4, -0.2) is 28.7 Å². The standard InChI is InChI=1S/C24H26N4O3/c25-24(9-2-10-24)17-3-1-4-18(12-17)26-13-15-5-6-19-16(11-15)14-28(23(19)31)20-7-8-21(29)27-22(20)30/h1,3-6,11-12,20,26H,2,7-10,13-14,25H2,(H,27,29,30). The Morgan fingerprint density at radius 1 is 1.13 bits per heavy atom. The van der Waals surface area contributed by atoms with E-state index in [2.05, 4.69) is 22.8 Å².